The fraction of sp³-hybridized carbons (Fsp3) is 0.545. The summed E-state index contributed by atoms with van der Waals surface area (Å²) in [6.45, 7) is 3.46. The van der Waals surface area contributed by atoms with Crippen LogP contribution in [0.15, 0.2) is 4.99 Å². The van der Waals surface area contributed by atoms with Gasteiger partial charge in [-0.15, -0.1) is 0 Å². The van der Waals surface area contributed by atoms with Crippen LogP contribution in [-0.4, -0.2) is 46.5 Å². The molecule has 2 aliphatic rings. The van der Waals surface area contributed by atoms with Crippen molar-refractivity contribution >= 4 is 17.7 Å². The Labute approximate surface area is 99.6 Å². The van der Waals surface area contributed by atoms with Gasteiger partial charge in [-0.05, 0) is 13.3 Å². The summed E-state index contributed by atoms with van der Waals surface area (Å²) in [5, 5.41) is 0. The van der Waals surface area contributed by atoms with E-state index in [1.807, 2.05) is 18.5 Å². The van der Waals surface area contributed by atoms with Crippen LogP contribution in [0.4, 0.5) is 10.6 Å². The number of nitrogens with zero attached hydrogens (tertiary/aromatic N) is 5. The van der Waals surface area contributed by atoms with Crippen molar-refractivity contribution in [1.82, 2.24) is 14.5 Å². The minimum atomic E-state index is -0.0333. The molecule has 1 aromatic heterocycles. The molecule has 0 radical (unpaired) electrons. The van der Waals surface area contributed by atoms with Gasteiger partial charge in [-0.3, -0.25) is 14.8 Å². The number of fused-ring (bicyclic) bond motifs is 3. The fourth-order valence-electron chi connectivity index (χ4n) is 2.34. The number of aliphatic imine (C=N–C) groups is 1. The summed E-state index contributed by atoms with van der Waals surface area (Å²) in [4.78, 5) is 24.4. The highest BCUT2D eigenvalue weighted by Gasteiger charge is 2.37. The number of carbonyl (C=O) groups is 1. The molecule has 0 aliphatic carbocycles. The summed E-state index contributed by atoms with van der Waals surface area (Å²) in [5.74, 6) is 2.38. The maximum Gasteiger partial charge on any atom is 0.331 e. The van der Waals surface area contributed by atoms with Crippen molar-refractivity contribution in [2.75, 3.05) is 25.0 Å². The first-order valence-corrected chi connectivity index (χ1v) is 5.74. The normalized spacial score (nSPS) is 19.0. The lowest BCUT2D eigenvalue weighted by molar-refractivity contribution is 0.225. The molecule has 0 unspecified atom stereocenters. The average molecular weight is 233 g/mol. The number of anilines is 1. The SMILES string of the molecule is Cc1nc2c(n1C)C1=NCCCN1C(=O)N2C. The van der Waals surface area contributed by atoms with Crippen LogP contribution in [-0.2, 0) is 7.05 Å². The second-order valence-corrected chi connectivity index (χ2v) is 4.44. The second-order valence-electron chi connectivity index (χ2n) is 4.44. The molecule has 0 bridgehead atoms. The van der Waals surface area contributed by atoms with Crippen LogP contribution in [0.25, 0.3) is 0 Å². The quantitative estimate of drug-likeness (QED) is 0.664. The van der Waals surface area contributed by atoms with Gasteiger partial charge in [0, 0.05) is 27.2 Å². The van der Waals surface area contributed by atoms with Crippen LogP contribution in [0.5, 0.6) is 0 Å². The van der Waals surface area contributed by atoms with Gasteiger partial charge in [-0.25, -0.2) is 9.78 Å². The van der Waals surface area contributed by atoms with Crippen molar-refractivity contribution in [3.05, 3.63) is 11.5 Å². The Morgan fingerprint density at radius 3 is 2.82 bits per heavy atom. The molecular formula is C11H15N5O. The lowest BCUT2D eigenvalue weighted by Gasteiger charge is -2.35. The summed E-state index contributed by atoms with van der Waals surface area (Å²) >= 11 is 0. The minimum absolute atomic E-state index is 0.0333. The smallest absolute Gasteiger partial charge is 0.327 e. The zero-order valence-electron chi connectivity index (χ0n) is 10.3. The first-order valence-electron chi connectivity index (χ1n) is 5.74. The van der Waals surface area contributed by atoms with E-state index in [0.717, 1.165) is 36.9 Å². The molecule has 1 aromatic rings. The van der Waals surface area contributed by atoms with Crippen molar-refractivity contribution < 1.29 is 4.79 Å². The number of amidine groups is 1. The molecule has 0 aromatic carbocycles. The van der Waals surface area contributed by atoms with Gasteiger partial charge in [-0.1, -0.05) is 0 Å². The van der Waals surface area contributed by atoms with Gasteiger partial charge in [0.15, 0.2) is 11.7 Å². The maximum absolute atomic E-state index is 12.2. The van der Waals surface area contributed by atoms with Crippen LogP contribution in [0.1, 0.15) is 17.9 Å². The van der Waals surface area contributed by atoms with Crippen LogP contribution in [0, 0.1) is 6.92 Å². The number of aryl methyl sites for hydroxylation is 1. The van der Waals surface area contributed by atoms with E-state index in [0.29, 0.717) is 5.82 Å². The number of carbonyl (C=O) groups excluding carboxylic acids is 1. The molecule has 0 spiro atoms. The summed E-state index contributed by atoms with van der Waals surface area (Å²) in [7, 11) is 3.72. The maximum atomic E-state index is 12.2. The standard InChI is InChI=1S/C11H15N5O/c1-7-13-10-8(14(7)2)9-12-5-4-6-16(9)11(17)15(10)3/h4-6H2,1-3H3. The van der Waals surface area contributed by atoms with E-state index in [-0.39, 0.29) is 6.03 Å². The second kappa shape index (κ2) is 3.32. The molecule has 0 saturated carbocycles. The highest BCUT2D eigenvalue weighted by molar-refractivity contribution is 6.17. The minimum Gasteiger partial charge on any atom is -0.327 e. The van der Waals surface area contributed by atoms with Crippen LogP contribution >= 0.6 is 0 Å². The highest BCUT2D eigenvalue weighted by Crippen LogP contribution is 2.29. The van der Waals surface area contributed by atoms with E-state index in [1.54, 1.807) is 16.8 Å². The first kappa shape index (κ1) is 10.3. The number of amides is 2. The number of hydrogen-bond donors (Lipinski definition) is 0. The van der Waals surface area contributed by atoms with Crippen molar-refractivity contribution in [2.45, 2.75) is 13.3 Å². The van der Waals surface area contributed by atoms with Crippen LogP contribution < -0.4 is 4.90 Å². The van der Waals surface area contributed by atoms with Gasteiger partial charge in [0.1, 0.15) is 11.5 Å². The molecule has 2 aliphatic heterocycles. The van der Waals surface area contributed by atoms with E-state index >= 15 is 0 Å². The van der Waals surface area contributed by atoms with Gasteiger partial charge >= 0.3 is 6.03 Å². The van der Waals surface area contributed by atoms with E-state index in [1.165, 1.54) is 0 Å². The zero-order chi connectivity index (χ0) is 12.2. The number of rotatable bonds is 0. The lowest BCUT2D eigenvalue weighted by Crippen LogP contribution is -2.52. The van der Waals surface area contributed by atoms with Gasteiger partial charge in [0.05, 0.1) is 0 Å². The summed E-state index contributed by atoms with van der Waals surface area (Å²) < 4.78 is 2.00. The molecule has 0 fully saturated rings. The Morgan fingerprint density at radius 1 is 1.29 bits per heavy atom. The molecule has 3 heterocycles. The van der Waals surface area contributed by atoms with Crippen molar-refractivity contribution in [2.24, 2.45) is 12.0 Å². The third-order valence-electron chi connectivity index (χ3n) is 3.40. The molecule has 0 atom stereocenters. The van der Waals surface area contributed by atoms with E-state index in [2.05, 4.69) is 9.98 Å². The molecular weight excluding hydrogens is 218 g/mol. The molecule has 6 nitrogen and oxygen atoms in total. The van der Waals surface area contributed by atoms with Crippen molar-refractivity contribution in [3.63, 3.8) is 0 Å². The topological polar surface area (TPSA) is 53.7 Å². The molecule has 6 heteroatoms. The molecule has 3 rings (SSSR count). The largest absolute Gasteiger partial charge is 0.331 e. The average Bonchev–Trinajstić information content (AvgIpc) is 2.63. The van der Waals surface area contributed by atoms with E-state index in [4.69, 9.17) is 0 Å². The van der Waals surface area contributed by atoms with Crippen LogP contribution in [0.2, 0.25) is 0 Å². The number of urea groups is 1. The molecule has 90 valence electrons. The number of imidazole rings is 1. The lowest BCUT2D eigenvalue weighted by atomic mass is 10.2. The Morgan fingerprint density at radius 2 is 2.06 bits per heavy atom. The van der Waals surface area contributed by atoms with Crippen LogP contribution in [0.3, 0.4) is 0 Å². The van der Waals surface area contributed by atoms with E-state index < -0.39 is 0 Å². The van der Waals surface area contributed by atoms with Gasteiger partial charge in [0.25, 0.3) is 0 Å². The third-order valence-corrected chi connectivity index (χ3v) is 3.40. The summed E-state index contributed by atoms with van der Waals surface area (Å²) in [6, 6.07) is -0.0333. The summed E-state index contributed by atoms with van der Waals surface area (Å²) in [6.07, 6.45) is 0.926. The Balaban J connectivity index is 2.26. The molecule has 17 heavy (non-hydrogen) atoms. The molecule has 0 saturated heterocycles. The fourth-order valence-corrected chi connectivity index (χ4v) is 2.34. The Kier molecular flexibility index (Phi) is 2.01. The van der Waals surface area contributed by atoms with Crippen molar-refractivity contribution in [1.29, 1.82) is 0 Å². The predicted octanol–water partition coefficient (Wildman–Crippen LogP) is 0.751. The van der Waals surface area contributed by atoms with E-state index in [9.17, 15) is 4.79 Å². The van der Waals surface area contributed by atoms with Gasteiger partial charge in [-0.2, -0.15) is 0 Å². The first-order chi connectivity index (χ1) is 8.11. The Bertz CT molecular complexity index is 530. The number of aromatic nitrogens is 2. The van der Waals surface area contributed by atoms with Gasteiger partial charge in [0.2, 0.25) is 0 Å². The van der Waals surface area contributed by atoms with Gasteiger partial charge < -0.3 is 4.57 Å². The third kappa shape index (κ3) is 1.23. The highest BCUT2D eigenvalue weighted by atomic mass is 16.2. The van der Waals surface area contributed by atoms with Crippen molar-refractivity contribution in [3.8, 4) is 0 Å². The zero-order valence-corrected chi connectivity index (χ0v) is 10.3. The number of hydrogen-bond acceptors (Lipinski definition) is 3. The predicted molar refractivity (Wildman–Crippen MR) is 64.5 cm³/mol. The Hall–Kier alpha value is -1.85. The molecule has 0 N–H and O–H groups in total. The molecule has 2 amide bonds. The summed E-state index contributed by atoms with van der Waals surface area (Å²) in [5.41, 5.74) is 0.948. The monoisotopic (exact) mass is 233 g/mol.